The zero-order valence-electron chi connectivity index (χ0n) is 17.1. The summed E-state index contributed by atoms with van der Waals surface area (Å²) >= 11 is 0. The highest BCUT2D eigenvalue weighted by Crippen LogP contribution is 2.56. The molecule has 1 amide bonds. The third kappa shape index (κ3) is 2.73. The second kappa shape index (κ2) is 7.06. The fourth-order valence-corrected chi connectivity index (χ4v) is 5.13. The first-order valence-electron chi connectivity index (χ1n) is 10.0. The molecule has 158 valence electrons. The van der Waals surface area contributed by atoms with Crippen LogP contribution >= 0.6 is 0 Å². The van der Waals surface area contributed by atoms with Crippen LogP contribution in [0.5, 0.6) is 5.75 Å². The van der Waals surface area contributed by atoms with Crippen LogP contribution in [0, 0.1) is 11.7 Å². The van der Waals surface area contributed by atoms with Crippen LogP contribution in [-0.4, -0.2) is 37.3 Å². The van der Waals surface area contributed by atoms with Crippen molar-refractivity contribution in [3.05, 3.63) is 83.6 Å². The molecule has 7 heteroatoms. The second-order valence-corrected chi connectivity index (χ2v) is 7.99. The number of hydrogen-bond acceptors (Lipinski definition) is 5. The number of anilines is 1. The monoisotopic (exact) mass is 420 g/mol. The summed E-state index contributed by atoms with van der Waals surface area (Å²) in [5, 5.41) is 2.94. The van der Waals surface area contributed by atoms with Gasteiger partial charge in [-0.3, -0.25) is 14.5 Å². The Morgan fingerprint density at radius 1 is 1.23 bits per heavy atom. The molecule has 1 aromatic heterocycles. The number of carbonyl (C=O) groups is 2. The van der Waals surface area contributed by atoms with Crippen molar-refractivity contribution in [2.75, 3.05) is 26.0 Å². The molecule has 0 aliphatic carbocycles. The molecule has 31 heavy (non-hydrogen) atoms. The Bertz CT molecular complexity index is 1160. The molecule has 1 saturated heterocycles. The minimum Gasteiger partial charge on any atom is -0.497 e. The van der Waals surface area contributed by atoms with Gasteiger partial charge >= 0.3 is 0 Å². The zero-order chi connectivity index (χ0) is 21.8. The predicted octanol–water partition coefficient (Wildman–Crippen LogP) is 3.80. The summed E-state index contributed by atoms with van der Waals surface area (Å²) < 4.78 is 24.4. The van der Waals surface area contributed by atoms with Crippen molar-refractivity contribution in [1.29, 1.82) is 0 Å². The molecule has 5 rings (SSSR count). The van der Waals surface area contributed by atoms with E-state index in [9.17, 15) is 14.0 Å². The van der Waals surface area contributed by atoms with Gasteiger partial charge in [0.25, 0.3) is 0 Å². The van der Waals surface area contributed by atoms with Crippen molar-refractivity contribution in [3.8, 4) is 5.75 Å². The predicted molar refractivity (Wildman–Crippen MR) is 112 cm³/mol. The number of rotatable bonds is 4. The van der Waals surface area contributed by atoms with Crippen molar-refractivity contribution in [2.24, 2.45) is 5.92 Å². The highest BCUT2D eigenvalue weighted by molar-refractivity contribution is 6.11. The molecule has 0 radical (unpaired) electrons. The number of nitrogens with zero attached hydrogens (tertiary/aromatic N) is 1. The summed E-state index contributed by atoms with van der Waals surface area (Å²) in [5.41, 5.74) is 0.884. The summed E-state index contributed by atoms with van der Waals surface area (Å²) in [6.45, 7) is 0.437. The molecule has 3 aromatic rings. The Labute approximate surface area is 178 Å². The lowest BCUT2D eigenvalue weighted by molar-refractivity contribution is -0.126. The number of ether oxygens (including phenoxy) is 1. The van der Waals surface area contributed by atoms with Crippen LogP contribution in [0.2, 0.25) is 0 Å². The zero-order valence-corrected chi connectivity index (χ0v) is 17.1. The van der Waals surface area contributed by atoms with Gasteiger partial charge in [-0.2, -0.15) is 0 Å². The molecular formula is C24H21FN2O4. The molecule has 0 unspecified atom stereocenters. The minimum absolute atomic E-state index is 0.191. The SMILES string of the molecule is COc1ccc2c(c1)[C@@]1(C(=O)N2)[C@H](C(=O)c2ccco2)[C@@H](c2ccc(F)cc2)CN1C. The average Bonchev–Trinajstić information content (AvgIpc) is 3.47. The lowest BCUT2D eigenvalue weighted by Gasteiger charge is -2.35. The van der Waals surface area contributed by atoms with Crippen molar-refractivity contribution in [1.82, 2.24) is 4.90 Å². The van der Waals surface area contributed by atoms with Crippen LogP contribution in [0.3, 0.4) is 0 Å². The van der Waals surface area contributed by atoms with Gasteiger partial charge in [-0.25, -0.2) is 4.39 Å². The molecular weight excluding hydrogens is 399 g/mol. The van der Waals surface area contributed by atoms with Crippen LogP contribution in [0.15, 0.2) is 65.3 Å². The number of furan rings is 1. The molecule has 1 fully saturated rings. The number of amides is 1. The normalized spacial score (nSPS) is 24.9. The fourth-order valence-electron chi connectivity index (χ4n) is 5.13. The quantitative estimate of drug-likeness (QED) is 0.650. The van der Waals surface area contributed by atoms with Crippen molar-refractivity contribution >= 4 is 17.4 Å². The Balaban J connectivity index is 1.73. The van der Waals surface area contributed by atoms with Crippen LogP contribution in [-0.2, 0) is 10.3 Å². The van der Waals surface area contributed by atoms with Gasteiger partial charge in [0, 0.05) is 23.7 Å². The van der Waals surface area contributed by atoms with E-state index in [1.807, 2.05) is 11.9 Å². The maximum Gasteiger partial charge on any atom is 0.250 e. The Hall–Kier alpha value is -3.45. The molecule has 2 aromatic carbocycles. The summed E-state index contributed by atoms with van der Waals surface area (Å²) in [4.78, 5) is 29.2. The van der Waals surface area contributed by atoms with Gasteiger partial charge in [-0.15, -0.1) is 0 Å². The topological polar surface area (TPSA) is 71.8 Å². The number of carbonyl (C=O) groups excluding carboxylic acids is 2. The van der Waals surface area contributed by atoms with Crippen molar-refractivity contribution in [2.45, 2.75) is 11.5 Å². The van der Waals surface area contributed by atoms with Crippen LogP contribution < -0.4 is 10.1 Å². The molecule has 6 nitrogen and oxygen atoms in total. The highest BCUT2D eigenvalue weighted by Gasteiger charge is 2.64. The number of fused-ring (bicyclic) bond motifs is 2. The first kappa shape index (κ1) is 19.5. The first-order chi connectivity index (χ1) is 15.0. The number of methoxy groups -OCH3 is 1. The van der Waals surface area contributed by atoms with Crippen LogP contribution in [0.25, 0.3) is 0 Å². The van der Waals surface area contributed by atoms with Crippen LogP contribution in [0.4, 0.5) is 10.1 Å². The number of likely N-dealkylation sites (N-methyl/N-ethyl adjacent to an activating group) is 1. The van der Waals surface area contributed by atoms with E-state index < -0.39 is 11.5 Å². The number of likely N-dealkylation sites (tertiary alicyclic amines) is 1. The van der Waals surface area contributed by atoms with Crippen molar-refractivity contribution in [3.63, 3.8) is 0 Å². The van der Waals surface area contributed by atoms with Gasteiger partial charge < -0.3 is 14.5 Å². The van der Waals surface area contributed by atoms with E-state index in [1.165, 1.54) is 18.4 Å². The number of nitrogens with one attached hydrogen (secondary N) is 1. The van der Waals surface area contributed by atoms with Gasteiger partial charge in [0.1, 0.15) is 17.1 Å². The second-order valence-electron chi connectivity index (χ2n) is 7.99. The first-order valence-corrected chi connectivity index (χ1v) is 10.0. The van der Waals surface area contributed by atoms with E-state index in [-0.39, 0.29) is 29.2 Å². The number of Topliss-reactive ketones (excluding diaryl/α,β-unsaturated/α-hetero) is 1. The van der Waals surface area contributed by atoms with E-state index in [2.05, 4.69) is 5.32 Å². The van der Waals surface area contributed by atoms with Crippen LogP contribution in [0.1, 0.15) is 27.6 Å². The molecule has 0 bridgehead atoms. The van der Waals surface area contributed by atoms with Gasteiger partial charge in [-0.1, -0.05) is 12.1 Å². The van der Waals surface area contributed by atoms with Gasteiger partial charge in [0.05, 0.1) is 19.3 Å². The fraction of sp³-hybridized carbons (Fsp3) is 0.250. The summed E-state index contributed by atoms with van der Waals surface area (Å²) in [7, 11) is 3.39. The van der Waals surface area contributed by atoms with E-state index in [0.717, 1.165) is 5.56 Å². The Kier molecular flexibility index (Phi) is 4.44. The number of ketones is 1. The Morgan fingerprint density at radius 2 is 2.00 bits per heavy atom. The average molecular weight is 420 g/mol. The third-order valence-electron chi connectivity index (χ3n) is 6.50. The number of benzene rings is 2. The maximum absolute atomic E-state index is 13.8. The lowest BCUT2D eigenvalue weighted by Crippen LogP contribution is -2.51. The Morgan fingerprint density at radius 3 is 2.68 bits per heavy atom. The molecule has 1 N–H and O–H groups in total. The molecule has 1 spiro atoms. The van der Waals surface area contributed by atoms with Gasteiger partial charge in [0.2, 0.25) is 11.7 Å². The van der Waals surface area contributed by atoms with Gasteiger partial charge in [0.15, 0.2) is 5.76 Å². The molecule has 3 atom stereocenters. The lowest BCUT2D eigenvalue weighted by atomic mass is 9.71. The van der Waals surface area contributed by atoms with E-state index >= 15 is 0 Å². The summed E-state index contributed by atoms with van der Waals surface area (Å²) in [6, 6.07) is 14.7. The summed E-state index contributed by atoms with van der Waals surface area (Å²) in [6.07, 6.45) is 1.44. The third-order valence-corrected chi connectivity index (χ3v) is 6.50. The number of halogens is 1. The summed E-state index contributed by atoms with van der Waals surface area (Å²) in [5.74, 6) is -1.23. The molecule has 2 aliphatic heterocycles. The molecule has 0 saturated carbocycles. The van der Waals surface area contributed by atoms with E-state index in [4.69, 9.17) is 9.15 Å². The van der Waals surface area contributed by atoms with Gasteiger partial charge in [-0.05, 0) is 55.1 Å². The molecule has 2 aliphatic rings. The number of hydrogen-bond donors (Lipinski definition) is 1. The van der Waals surface area contributed by atoms with E-state index in [0.29, 0.717) is 23.5 Å². The largest absolute Gasteiger partial charge is 0.497 e. The smallest absolute Gasteiger partial charge is 0.250 e. The highest BCUT2D eigenvalue weighted by atomic mass is 19.1. The standard InChI is InChI=1S/C24H21FN2O4/c1-27-13-17(14-5-7-15(25)8-6-14)21(22(28)20-4-3-11-31-20)24(27)18-12-16(30-2)9-10-19(18)26-23(24)29/h3-12,17,21H,13H2,1-2H3,(H,26,29)/t17-,21+,24+/m1/s1. The minimum atomic E-state index is -1.24. The maximum atomic E-state index is 13.8. The molecule has 3 heterocycles. The van der Waals surface area contributed by atoms with E-state index in [1.54, 1.807) is 49.6 Å². The van der Waals surface area contributed by atoms with Crippen molar-refractivity contribution < 1.29 is 23.1 Å².